The van der Waals surface area contributed by atoms with Crippen LogP contribution in [0.4, 0.5) is 0 Å². The van der Waals surface area contributed by atoms with Gasteiger partial charge in [-0.15, -0.1) is 0 Å². The van der Waals surface area contributed by atoms with Crippen LogP contribution in [0.2, 0.25) is 0 Å². The van der Waals surface area contributed by atoms with E-state index in [-0.39, 0.29) is 17.7 Å². The standard InChI is InChI=1S/C17H24N2O3/c1-11(2)13-4-5-15(22-3)14(10-13)17(21)19-8-6-12(7-9-19)16(18)20/h4-5,10-12H,6-9H2,1-3H3,(H2,18,20). The van der Waals surface area contributed by atoms with Gasteiger partial charge in [-0.25, -0.2) is 0 Å². The lowest BCUT2D eigenvalue weighted by Gasteiger charge is -2.31. The van der Waals surface area contributed by atoms with Crippen LogP contribution < -0.4 is 10.5 Å². The van der Waals surface area contributed by atoms with Crippen molar-refractivity contribution in [1.82, 2.24) is 4.90 Å². The second kappa shape index (κ2) is 6.81. The Morgan fingerprint density at radius 3 is 2.41 bits per heavy atom. The van der Waals surface area contributed by atoms with Crippen LogP contribution in [0.1, 0.15) is 48.5 Å². The molecule has 5 nitrogen and oxygen atoms in total. The van der Waals surface area contributed by atoms with Crippen molar-refractivity contribution in [3.8, 4) is 5.75 Å². The van der Waals surface area contributed by atoms with Crippen LogP contribution in [0.25, 0.3) is 0 Å². The molecule has 2 amide bonds. The Bertz CT molecular complexity index is 561. The molecule has 0 aromatic heterocycles. The normalized spacial score (nSPS) is 15.9. The molecule has 0 radical (unpaired) electrons. The summed E-state index contributed by atoms with van der Waals surface area (Å²) in [6.07, 6.45) is 1.26. The van der Waals surface area contributed by atoms with E-state index in [0.717, 1.165) is 5.56 Å². The number of piperidine rings is 1. The highest BCUT2D eigenvalue weighted by molar-refractivity contribution is 5.97. The molecule has 1 aromatic carbocycles. The van der Waals surface area contributed by atoms with E-state index in [9.17, 15) is 9.59 Å². The zero-order chi connectivity index (χ0) is 16.3. The Labute approximate surface area is 131 Å². The molecule has 1 aliphatic rings. The highest BCUT2D eigenvalue weighted by Crippen LogP contribution is 2.27. The minimum Gasteiger partial charge on any atom is -0.496 e. The highest BCUT2D eigenvalue weighted by atomic mass is 16.5. The van der Waals surface area contributed by atoms with Crippen LogP contribution in [-0.2, 0) is 4.79 Å². The first-order chi connectivity index (χ1) is 10.4. The molecule has 0 bridgehead atoms. The molecule has 0 aliphatic carbocycles. The molecule has 5 heteroatoms. The van der Waals surface area contributed by atoms with Gasteiger partial charge in [0, 0.05) is 19.0 Å². The van der Waals surface area contributed by atoms with E-state index in [2.05, 4.69) is 13.8 Å². The van der Waals surface area contributed by atoms with E-state index in [1.54, 1.807) is 12.0 Å². The largest absolute Gasteiger partial charge is 0.496 e. The molecule has 1 fully saturated rings. The fraction of sp³-hybridized carbons (Fsp3) is 0.529. The molecule has 0 unspecified atom stereocenters. The number of rotatable bonds is 4. The quantitative estimate of drug-likeness (QED) is 0.926. The predicted octanol–water partition coefficient (Wildman–Crippen LogP) is 2.16. The summed E-state index contributed by atoms with van der Waals surface area (Å²) in [7, 11) is 1.57. The number of likely N-dealkylation sites (tertiary alicyclic amines) is 1. The molecule has 1 saturated heterocycles. The van der Waals surface area contributed by atoms with E-state index in [0.29, 0.717) is 43.2 Å². The van der Waals surface area contributed by atoms with Crippen molar-refractivity contribution >= 4 is 11.8 Å². The van der Waals surface area contributed by atoms with Gasteiger partial charge in [-0.3, -0.25) is 9.59 Å². The van der Waals surface area contributed by atoms with Crippen molar-refractivity contribution in [2.45, 2.75) is 32.6 Å². The maximum atomic E-state index is 12.8. The first kappa shape index (κ1) is 16.3. The third-order valence-corrected chi connectivity index (χ3v) is 4.31. The second-order valence-electron chi connectivity index (χ2n) is 6.08. The average Bonchev–Trinajstić information content (AvgIpc) is 2.53. The van der Waals surface area contributed by atoms with Crippen LogP contribution >= 0.6 is 0 Å². The molecule has 22 heavy (non-hydrogen) atoms. The molecule has 2 rings (SSSR count). The lowest BCUT2D eigenvalue weighted by Crippen LogP contribution is -2.41. The summed E-state index contributed by atoms with van der Waals surface area (Å²) in [5.74, 6) is 0.506. The van der Waals surface area contributed by atoms with Gasteiger partial charge < -0.3 is 15.4 Å². The summed E-state index contributed by atoms with van der Waals surface area (Å²) in [5, 5.41) is 0. The minimum absolute atomic E-state index is 0.0396. The molecular formula is C17H24N2O3. The summed E-state index contributed by atoms with van der Waals surface area (Å²) in [6, 6.07) is 5.74. The van der Waals surface area contributed by atoms with Crippen LogP contribution in [0.3, 0.4) is 0 Å². The summed E-state index contributed by atoms with van der Waals surface area (Å²) >= 11 is 0. The maximum absolute atomic E-state index is 12.8. The number of carbonyl (C=O) groups is 2. The zero-order valence-corrected chi connectivity index (χ0v) is 13.5. The van der Waals surface area contributed by atoms with Gasteiger partial charge in [-0.05, 0) is 36.5 Å². The fourth-order valence-electron chi connectivity index (χ4n) is 2.79. The number of hydrogen-bond donors (Lipinski definition) is 1. The summed E-state index contributed by atoms with van der Waals surface area (Å²) < 4.78 is 5.33. The Morgan fingerprint density at radius 1 is 1.27 bits per heavy atom. The van der Waals surface area contributed by atoms with E-state index in [4.69, 9.17) is 10.5 Å². The van der Waals surface area contributed by atoms with Crippen molar-refractivity contribution in [1.29, 1.82) is 0 Å². The Hall–Kier alpha value is -2.04. The predicted molar refractivity (Wildman–Crippen MR) is 84.9 cm³/mol. The number of amides is 2. The van der Waals surface area contributed by atoms with Gasteiger partial charge in [0.25, 0.3) is 5.91 Å². The van der Waals surface area contributed by atoms with E-state index < -0.39 is 0 Å². The van der Waals surface area contributed by atoms with Gasteiger partial charge in [0.15, 0.2) is 0 Å². The van der Waals surface area contributed by atoms with Crippen LogP contribution in [0.15, 0.2) is 18.2 Å². The topological polar surface area (TPSA) is 72.6 Å². The van der Waals surface area contributed by atoms with Gasteiger partial charge in [0.1, 0.15) is 5.75 Å². The molecular weight excluding hydrogens is 280 g/mol. The van der Waals surface area contributed by atoms with Crippen LogP contribution in [0, 0.1) is 5.92 Å². The van der Waals surface area contributed by atoms with Crippen molar-refractivity contribution in [2.75, 3.05) is 20.2 Å². The smallest absolute Gasteiger partial charge is 0.257 e. The molecule has 1 aliphatic heterocycles. The average molecular weight is 304 g/mol. The van der Waals surface area contributed by atoms with E-state index in [1.807, 2.05) is 18.2 Å². The number of methoxy groups -OCH3 is 1. The molecule has 120 valence electrons. The molecule has 1 heterocycles. The number of hydrogen-bond acceptors (Lipinski definition) is 3. The van der Waals surface area contributed by atoms with Crippen molar-refractivity contribution in [3.63, 3.8) is 0 Å². The maximum Gasteiger partial charge on any atom is 0.257 e. The second-order valence-corrected chi connectivity index (χ2v) is 6.08. The number of nitrogens with zero attached hydrogens (tertiary/aromatic N) is 1. The summed E-state index contributed by atoms with van der Waals surface area (Å²) in [6.45, 7) is 5.30. The Morgan fingerprint density at radius 2 is 1.91 bits per heavy atom. The number of ether oxygens (including phenoxy) is 1. The number of carbonyl (C=O) groups excluding carboxylic acids is 2. The van der Waals surface area contributed by atoms with Crippen molar-refractivity contribution in [3.05, 3.63) is 29.3 Å². The van der Waals surface area contributed by atoms with Gasteiger partial charge >= 0.3 is 0 Å². The van der Waals surface area contributed by atoms with Gasteiger partial charge in [-0.2, -0.15) is 0 Å². The Balaban J connectivity index is 2.18. The minimum atomic E-state index is -0.272. The van der Waals surface area contributed by atoms with E-state index >= 15 is 0 Å². The van der Waals surface area contributed by atoms with Gasteiger partial charge in [0.2, 0.25) is 5.91 Å². The number of benzene rings is 1. The van der Waals surface area contributed by atoms with Crippen molar-refractivity contribution < 1.29 is 14.3 Å². The first-order valence-electron chi connectivity index (χ1n) is 7.70. The SMILES string of the molecule is COc1ccc(C(C)C)cc1C(=O)N1CCC(C(N)=O)CC1. The third kappa shape index (κ3) is 3.40. The lowest BCUT2D eigenvalue weighted by molar-refractivity contribution is -0.123. The van der Waals surface area contributed by atoms with Crippen molar-refractivity contribution in [2.24, 2.45) is 11.7 Å². The molecule has 0 saturated carbocycles. The first-order valence-corrected chi connectivity index (χ1v) is 7.70. The molecule has 0 spiro atoms. The number of nitrogens with two attached hydrogens (primary N) is 1. The van der Waals surface area contributed by atoms with E-state index in [1.165, 1.54) is 0 Å². The highest BCUT2D eigenvalue weighted by Gasteiger charge is 2.28. The van der Waals surface area contributed by atoms with Crippen LogP contribution in [-0.4, -0.2) is 36.9 Å². The molecule has 0 atom stereocenters. The fourth-order valence-corrected chi connectivity index (χ4v) is 2.79. The lowest BCUT2D eigenvalue weighted by atomic mass is 9.95. The van der Waals surface area contributed by atoms with Crippen LogP contribution in [0.5, 0.6) is 5.75 Å². The van der Waals surface area contributed by atoms with Gasteiger partial charge in [-0.1, -0.05) is 19.9 Å². The monoisotopic (exact) mass is 304 g/mol. The van der Waals surface area contributed by atoms with Gasteiger partial charge in [0.05, 0.1) is 12.7 Å². The third-order valence-electron chi connectivity index (χ3n) is 4.31. The Kier molecular flexibility index (Phi) is 5.06. The summed E-state index contributed by atoms with van der Waals surface area (Å²) in [5.41, 5.74) is 7.03. The number of primary amides is 1. The molecule has 1 aromatic rings. The zero-order valence-electron chi connectivity index (χ0n) is 13.5. The molecule has 2 N–H and O–H groups in total. The summed E-state index contributed by atoms with van der Waals surface area (Å²) in [4.78, 5) is 25.8.